The van der Waals surface area contributed by atoms with Crippen molar-refractivity contribution in [3.05, 3.63) is 40.4 Å². The number of nitrogens with zero attached hydrogens (tertiary/aromatic N) is 3. The molecule has 0 bridgehead atoms. The predicted octanol–water partition coefficient (Wildman–Crippen LogP) is 2.29. The SMILES string of the molecule is CC(=O)n1nc(Cl)c(C(=O)Nc2ccc(C)cc2F)n1. The minimum atomic E-state index is -0.745. The molecule has 1 aromatic carbocycles. The third kappa shape index (κ3) is 2.83. The molecule has 0 aliphatic heterocycles. The number of anilines is 1. The van der Waals surface area contributed by atoms with E-state index in [9.17, 15) is 14.0 Å². The summed E-state index contributed by atoms with van der Waals surface area (Å²) in [6.07, 6.45) is 0. The van der Waals surface area contributed by atoms with Gasteiger partial charge in [-0.25, -0.2) is 4.39 Å². The fourth-order valence-corrected chi connectivity index (χ4v) is 1.67. The summed E-state index contributed by atoms with van der Waals surface area (Å²) in [5.41, 5.74) is 0.469. The van der Waals surface area contributed by atoms with Crippen molar-refractivity contribution in [3.63, 3.8) is 0 Å². The molecule has 0 radical (unpaired) electrons. The number of amides is 1. The molecule has 1 amide bonds. The Morgan fingerprint density at radius 3 is 2.60 bits per heavy atom. The third-order valence-corrected chi connectivity index (χ3v) is 2.70. The van der Waals surface area contributed by atoms with Gasteiger partial charge in [0, 0.05) is 6.92 Å². The number of carbonyl (C=O) groups excluding carboxylic acids is 2. The molecule has 20 heavy (non-hydrogen) atoms. The molecule has 0 fully saturated rings. The molecule has 0 saturated carbocycles. The predicted molar refractivity (Wildman–Crippen MR) is 70.4 cm³/mol. The normalized spacial score (nSPS) is 10.4. The van der Waals surface area contributed by atoms with Crippen LogP contribution >= 0.6 is 11.6 Å². The van der Waals surface area contributed by atoms with E-state index < -0.39 is 17.6 Å². The van der Waals surface area contributed by atoms with Crippen LogP contribution in [-0.2, 0) is 0 Å². The van der Waals surface area contributed by atoms with Gasteiger partial charge in [-0.3, -0.25) is 9.59 Å². The second-order valence-electron chi connectivity index (χ2n) is 4.09. The minimum Gasteiger partial charge on any atom is -0.318 e. The highest BCUT2D eigenvalue weighted by Gasteiger charge is 2.19. The van der Waals surface area contributed by atoms with E-state index in [1.165, 1.54) is 19.1 Å². The molecule has 104 valence electrons. The van der Waals surface area contributed by atoms with Crippen molar-refractivity contribution in [2.45, 2.75) is 13.8 Å². The summed E-state index contributed by atoms with van der Waals surface area (Å²) in [7, 11) is 0. The lowest BCUT2D eigenvalue weighted by Crippen LogP contribution is -2.16. The van der Waals surface area contributed by atoms with E-state index in [4.69, 9.17) is 11.6 Å². The van der Waals surface area contributed by atoms with E-state index in [0.717, 1.165) is 5.56 Å². The van der Waals surface area contributed by atoms with Crippen molar-refractivity contribution in [3.8, 4) is 0 Å². The summed E-state index contributed by atoms with van der Waals surface area (Å²) in [4.78, 5) is 23.7. The van der Waals surface area contributed by atoms with Crippen LogP contribution in [0.5, 0.6) is 0 Å². The number of nitrogens with one attached hydrogen (secondary N) is 1. The van der Waals surface area contributed by atoms with E-state index in [2.05, 4.69) is 15.5 Å². The highest BCUT2D eigenvalue weighted by Crippen LogP contribution is 2.17. The van der Waals surface area contributed by atoms with Crippen molar-refractivity contribution in [1.82, 2.24) is 15.0 Å². The zero-order valence-corrected chi connectivity index (χ0v) is 11.4. The number of rotatable bonds is 2. The first-order valence-corrected chi connectivity index (χ1v) is 5.97. The van der Waals surface area contributed by atoms with Gasteiger partial charge in [-0.2, -0.15) is 0 Å². The summed E-state index contributed by atoms with van der Waals surface area (Å²) in [6, 6.07) is 4.35. The summed E-state index contributed by atoms with van der Waals surface area (Å²) in [5.74, 6) is -1.81. The molecule has 0 unspecified atom stereocenters. The molecule has 1 aromatic heterocycles. The molecule has 8 heteroatoms. The zero-order valence-electron chi connectivity index (χ0n) is 10.6. The van der Waals surface area contributed by atoms with Crippen molar-refractivity contribution >= 4 is 29.1 Å². The second-order valence-corrected chi connectivity index (χ2v) is 4.44. The third-order valence-electron chi connectivity index (χ3n) is 2.44. The van der Waals surface area contributed by atoms with Gasteiger partial charge in [0.2, 0.25) is 0 Å². The number of hydrogen-bond acceptors (Lipinski definition) is 4. The molecular weight excluding hydrogens is 287 g/mol. The Bertz CT molecular complexity index is 699. The van der Waals surface area contributed by atoms with Gasteiger partial charge < -0.3 is 5.32 Å². The monoisotopic (exact) mass is 296 g/mol. The summed E-state index contributed by atoms with van der Waals surface area (Å²) < 4.78 is 13.6. The lowest BCUT2D eigenvalue weighted by molar-refractivity contribution is 0.0902. The molecule has 0 aliphatic rings. The Balaban J connectivity index is 2.26. The Kier molecular flexibility index (Phi) is 3.80. The average Bonchev–Trinajstić information content (AvgIpc) is 2.75. The standard InChI is InChI=1S/C12H10ClFN4O2/c1-6-3-4-9(8(14)5-6)15-12(20)10-11(13)17-18(16-10)7(2)19/h3-5H,1-2H3,(H,15,20). The molecule has 2 aromatic rings. The average molecular weight is 297 g/mol. The highest BCUT2D eigenvalue weighted by molar-refractivity contribution is 6.33. The van der Waals surface area contributed by atoms with E-state index in [1.54, 1.807) is 13.0 Å². The smallest absolute Gasteiger partial charge is 0.279 e. The van der Waals surface area contributed by atoms with E-state index in [1.807, 2.05) is 0 Å². The van der Waals surface area contributed by atoms with E-state index in [0.29, 0.717) is 4.80 Å². The van der Waals surface area contributed by atoms with Gasteiger partial charge in [0.25, 0.3) is 11.8 Å². The van der Waals surface area contributed by atoms with Crippen molar-refractivity contribution in [1.29, 1.82) is 0 Å². The first-order chi connectivity index (χ1) is 9.38. The summed E-state index contributed by atoms with van der Waals surface area (Å²) >= 11 is 5.71. The number of benzene rings is 1. The Labute approximate surface area is 118 Å². The van der Waals surface area contributed by atoms with Crippen LogP contribution in [0.4, 0.5) is 10.1 Å². The van der Waals surface area contributed by atoms with Gasteiger partial charge >= 0.3 is 0 Å². The number of aryl methyl sites for hydroxylation is 1. The summed E-state index contributed by atoms with van der Waals surface area (Å²) in [6.45, 7) is 2.95. The maximum Gasteiger partial charge on any atom is 0.279 e. The van der Waals surface area contributed by atoms with Crippen LogP contribution in [0, 0.1) is 12.7 Å². The molecule has 2 rings (SSSR count). The minimum absolute atomic E-state index is 0.00552. The quantitative estimate of drug-likeness (QED) is 0.922. The maximum absolute atomic E-state index is 13.6. The van der Waals surface area contributed by atoms with Gasteiger partial charge in [0.1, 0.15) is 5.82 Å². The number of carbonyl (C=O) groups is 2. The van der Waals surface area contributed by atoms with Crippen LogP contribution in [0.3, 0.4) is 0 Å². The second kappa shape index (κ2) is 5.38. The zero-order chi connectivity index (χ0) is 14.9. The highest BCUT2D eigenvalue weighted by atomic mass is 35.5. The number of halogens is 2. The Hall–Kier alpha value is -2.28. The Morgan fingerprint density at radius 2 is 2.05 bits per heavy atom. The van der Waals surface area contributed by atoms with Crippen LogP contribution < -0.4 is 5.32 Å². The summed E-state index contributed by atoms with van der Waals surface area (Å²) in [5, 5.41) is 9.31. The lowest BCUT2D eigenvalue weighted by Gasteiger charge is -2.05. The fourth-order valence-electron chi connectivity index (χ4n) is 1.47. The first-order valence-electron chi connectivity index (χ1n) is 5.60. The van der Waals surface area contributed by atoms with Crippen molar-refractivity contribution < 1.29 is 14.0 Å². The van der Waals surface area contributed by atoms with Gasteiger partial charge in [-0.05, 0) is 24.6 Å². The van der Waals surface area contributed by atoms with E-state index in [-0.39, 0.29) is 16.5 Å². The molecule has 1 heterocycles. The Morgan fingerprint density at radius 1 is 1.35 bits per heavy atom. The van der Waals surface area contributed by atoms with Crippen LogP contribution in [0.15, 0.2) is 18.2 Å². The molecule has 0 aliphatic carbocycles. The van der Waals surface area contributed by atoms with E-state index >= 15 is 0 Å². The van der Waals surface area contributed by atoms with Crippen LogP contribution in [0.25, 0.3) is 0 Å². The topological polar surface area (TPSA) is 76.9 Å². The molecular formula is C12H10ClFN4O2. The molecule has 0 saturated heterocycles. The lowest BCUT2D eigenvalue weighted by atomic mass is 10.2. The maximum atomic E-state index is 13.6. The largest absolute Gasteiger partial charge is 0.318 e. The van der Waals surface area contributed by atoms with Gasteiger partial charge in [0.05, 0.1) is 5.69 Å². The number of aromatic nitrogens is 3. The molecule has 6 nitrogen and oxygen atoms in total. The van der Waals surface area contributed by atoms with Crippen molar-refractivity contribution in [2.24, 2.45) is 0 Å². The van der Waals surface area contributed by atoms with Gasteiger partial charge in [-0.15, -0.1) is 15.0 Å². The first kappa shape index (κ1) is 14.1. The van der Waals surface area contributed by atoms with Gasteiger partial charge in [-0.1, -0.05) is 17.7 Å². The molecule has 0 atom stereocenters. The van der Waals surface area contributed by atoms with Crippen LogP contribution in [0.1, 0.15) is 27.8 Å². The number of hydrogen-bond donors (Lipinski definition) is 1. The van der Waals surface area contributed by atoms with Crippen LogP contribution in [0.2, 0.25) is 5.15 Å². The van der Waals surface area contributed by atoms with Gasteiger partial charge in [0.15, 0.2) is 10.8 Å². The fraction of sp³-hybridized carbons (Fsp3) is 0.167. The van der Waals surface area contributed by atoms with Crippen molar-refractivity contribution in [2.75, 3.05) is 5.32 Å². The molecule has 0 spiro atoms. The molecule has 1 N–H and O–H groups in total. The van der Waals surface area contributed by atoms with Crippen LogP contribution in [-0.4, -0.2) is 26.8 Å².